The van der Waals surface area contributed by atoms with Crippen molar-refractivity contribution in [2.75, 3.05) is 25.9 Å². The molecule has 2 aromatic carbocycles. The molecule has 1 unspecified atom stereocenters. The smallest absolute Gasteiger partial charge is 0.332 e. The van der Waals surface area contributed by atoms with E-state index in [0.717, 1.165) is 40.8 Å². The van der Waals surface area contributed by atoms with Crippen LogP contribution >= 0.6 is 0 Å². The Bertz CT molecular complexity index is 1280. The Hall–Kier alpha value is -3.65. The maximum Gasteiger partial charge on any atom is 0.332 e. The Morgan fingerprint density at radius 2 is 1.88 bits per heavy atom. The van der Waals surface area contributed by atoms with Gasteiger partial charge in [0.25, 0.3) is 5.56 Å². The van der Waals surface area contributed by atoms with Crippen molar-refractivity contribution in [2.24, 2.45) is 7.05 Å². The van der Waals surface area contributed by atoms with Gasteiger partial charge in [-0.15, -0.1) is 0 Å². The molecule has 8 heteroatoms. The summed E-state index contributed by atoms with van der Waals surface area (Å²) in [6.07, 6.45) is 1.84. The highest BCUT2D eigenvalue weighted by Crippen LogP contribution is 2.33. The van der Waals surface area contributed by atoms with E-state index < -0.39 is 11.2 Å². The average molecular weight is 449 g/mol. The molecule has 1 atom stereocenters. The number of nitrogen functional groups attached to an aromatic ring is 1. The minimum Gasteiger partial charge on any atom is -0.497 e. The fraction of sp³-hybridized carbons (Fsp3) is 0.320. The molecule has 1 aliphatic rings. The first-order chi connectivity index (χ1) is 15.9. The molecule has 1 saturated heterocycles. The molecule has 2 N–H and O–H groups in total. The van der Waals surface area contributed by atoms with Gasteiger partial charge in [-0.05, 0) is 42.6 Å². The molecule has 2 heterocycles. The highest BCUT2D eigenvalue weighted by atomic mass is 16.5. The number of methoxy groups -OCH3 is 1. The largest absolute Gasteiger partial charge is 0.497 e. The van der Waals surface area contributed by atoms with Crippen LogP contribution in [-0.2, 0) is 13.6 Å². The number of hydrogen-bond donors (Lipinski definition) is 1. The van der Waals surface area contributed by atoms with Crippen LogP contribution in [0.5, 0.6) is 5.75 Å². The molecular weight excluding hydrogens is 420 g/mol. The second kappa shape index (κ2) is 9.46. The predicted octanol–water partition coefficient (Wildman–Crippen LogP) is 2.21. The number of carbonyl (C=O) groups is 1. The lowest BCUT2D eigenvalue weighted by Gasteiger charge is -2.25. The van der Waals surface area contributed by atoms with Gasteiger partial charge in [-0.1, -0.05) is 42.5 Å². The fourth-order valence-electron chi connectivity index (χ4n) is 4.47. The molecule has 0 bridgehead atoms. The number of hydrogen-bond acceptors (Lipinski definition) is 6. The van der Waals surface area contributed by atoms with Crippen molar-refractivity contribution in [3.63, 3.8) is 0 Å². The van der Waals surface area contributed by atoms with Gasteiger partial charge in [0.2, 0.25) is 0 Å². The lowest BCUT2D eigenvalue weighted by Crippen LogP contribution is -2.44. The van der Waals surface area contributed by atoms with E-state index >= 15 is 0 Å². The third-order valence-electron chi connectivity index (χ3n) is 6.23. The summed E-state index contributed by atoms with van der Waals surface area (Å²) in [4.78, 5) is 41.0. The number of Topliss-reactive ketones (excluding diaryl/α,β-unsaturated/α-hetero) is 1. The van der Waals surface area contributed by atoms with Gasteiger partial charge < -0.3 is 10.5 Å². The molecule has 0 spiro atoms. The zero-order chi connectivity index (χ0) is 23.5. The number of rotatable bonds is 7. The topological polar surface area (TPSA) is 99.6 Å². The summed E-state index contributed by atoms with van der Waals surface area (Å²) in [6.45, 7) is 0.957. The maximum atomic E-state index is 13.3. The SMILES string of the molecule is COc1cccc(C2CCCN2CC(=O)c2c(N)n(Cc3ccccc3)c(=O)n(C)c2=O)c1. The zero-order valence-corrected chi connectivity index (χ0v) is 18.9. The molecule has 172 valence electrons. The first kappa shape index (κ1) is 22.5. The van der Waals surface area contributed by atoms with Gasteiger partial charge in [-0.25, -0.2) is 4.79 Å². The van der Waals surface area contributed by atoms with E-state index in [2.05, 4.69) is 4.90 Å². The zero-order valence-electron chi connectivity index (χ0n) is 18.9. The summed E-state index contributed by atoms with van der Waals surface area (Å²) in [5.41, 5.74) is 6.82. The Morgan fingerprint density at radius 3 is 2.61 bits per heavy atom. The van der Waals surface area contributed by atoms with Crippen molar-refractivity contribution in [1.29, 1.82) is 0 Å². The first-order valence-electron chi connectivity index (χ1n) is 10.9. The normalized spacial score (nSPS) is 16.1. The monoisotopic (exact) mass is 448 g/mol. The first-order valence-corrected chi connectivity index (χ1v) is 10.9. The van der Waals surface area contributed by atoms with E-state index in [1.807, 2.05) is 54.6 Å². The molecular formula is C25H28N4O4. The van der Waals surface area contributed by atoms with E-state index in [-0.39, 0.29) is 36.3 Å². The van der Waals surface area contributed by atoms with E-state index in [9.17, 15) is 14.4 Å². The summed E-state index contributed by atoms with van der Waals surface area (Å²) in [6, 6.07) is 17.2. The molecule has 0 radical (unpaired) electrons. The van der Waals surface area contributed by atoms with Crippen LogP contribution in [0.15, 0.2) is 64.2 Å². The quantitative estimate of drug-likeness (QED) is 0.557. The molecule has 1 fully saturated rings. The van der Waals surface area contributed by atoms with Crippen LogP contribution in [0, 0.1) is 0 Å². The number of ketones is 1. The van der Waals surface area contributed by atoms with Crippen molar-refractivity contribution in [2.45, 2.75) is 25.4 Å². The van der Waals surface area contributed by atoms with Gasteiger partial charge in [-0.2, -0.15) is 0 Å². The van der Waals surface area contributed by atoms with Crippen molar-refractivity contribution < 1.29 is 9.53 Å². The van der Waals surface area contributed by atoms with Gasteiger partial charge in [0.15, 0.2) is 5.78 Å². The molecule has 0 amide bonds. The summed E-state index contributed by atoms with van der Waals surface area (Å²) < 4.78 is 7.58. The van der Waals surface area contributed by atoms with Crippen LogP contribution in [-0.4, -0.2) is 40.0 Å². The second-order valence-electron chi connectivity index (χ2n) is 8.31. The number of aromatic nitrogens is 2. The van der Waals surface area contributed by atoms with E-state index in [0.29, 0.717) is 0 Å². The van der Waals surface area contributed by atoms with Crippen molar-refractivity contribution >= 4 is 11.6 Å². The number of carbonyl (C=O) groups excluding carboxylic acids is 1. The number of likely N-dealkylation sites (tertiary alicyclic amines) is 1. The lowest BCUT2D eigenvalue weighted by atomic mass is 10.0. The molecule has 0 saturated carbocycles. The number of nitrogens with two attached hydrogens (primary N) is 1. The third kappa shape index (κ3) is 4.47. The minimum atomic E-state index is -0.663. The summed E-state index contributed by atoms with van der Waals surface area (Å²) >= 11 is 0. The Balaban J connectivity index is 1.65. The summed E-state index contributed by atoms with van der Waals surface area (Å²) in [7, 11) is 3.00. The molecule has 4 rings (SSSR count). The minimum absolute atomic E-state index is 0.0457. The highest BCUT2D eigenvalue weighted by molar-refractivity contribution is 6.01. The van der Waals surface area contributed by atoms with Crippen LogP contribution in [0.2, 0.25) is 0 Å². The van der Waals surface area contributed by atoms with Crippen LogP contribution in [0.3, 0.4) is 0 Å². The molecule has 3 aromatic rings. The molecule has 0 aliphatic carbocycles. The predicted molar refractivity (Wildman–Crippen MR) is 127 cm³/mol. The van der Waals surface area contributed by atoms with Gasteiger partial charge in [0.05, 0.1) is 20.2 Å². The van der Waals surface area contributed by atoms with Crippen LogP contribution < -0.4 is 21.7 Å². The van der Waals surface area contributed by atoms with Crippen LogP contribution in [0.4, 0.5) is 5.82 Å². The summed E-state index contributed by atoms with van der Waals surface area (Å²) in [5, 5.41) is 0. The Morgan fingerprint density at radius 1 is 1.12 bits per heavy atom. The molecule has 33 heavy (non-hydrogen) atoms. The second-order valence-corrected chi connectivity index (χ2v) is 8.31. The maximum absolute atomic E-state index is 13.3. The van der Waals surface area contributed by atoms with Gasteiger partial charge >= 0.3 is 5.69 Å². The number of ether oxygens (including phenoxy) is 1. The third-order valence-corrected chi connectivity index (χ3v) is 6.23. The van der Waals surface area contributed by atoms with Crippen molar-refractivity contribution in [3.8, 4) is 5.75 Å². The fourth-order valence-corrected chi connectivity index (χ4v) is 4.47. The Kier molecular flexibility index (Phi) is 6.46. The van der Waals surface area contributed by atoms with Gasteiger partial charge in [-0.3, -0.25) is 23.6 Å². The molecule has 1 aliphatic heterocycles. The van der Waals surface area contributed by atoms with Crippen LogP contribution in [0.25, 0.3) is 0 Å². The van der Waals surface area contributed by atoms with Gasteiger partial charge in [0, 0.05) is 13.1 Å². The molecule has 1 aromatic heterocycles. The van der Waals surface area contributed by atoms with E-state index in [4.69, 9.17) is 10.5 Å². The standard InChI is InChI=1S/C25H28N4O4/c1-27-24(31)22(23(26)29(25(27)32)15-17-8-4-3-5-9-17)21(30)16-28-13-7-12-20(28)18-10-6-11-19(14-18)33-2/h3-6,8-11,14,20H,7,12-13,15-16,26H2,1-2H3. The van der Waals surface area contributed by atoms with E-state index in [1.54, 1.807) is 7.11 Å². The van der Waals surface area contributed by atoms with Gasteiger partial charge in [0.1, 0.15) is 17.1 Å². The number of anilines is 1. The Labute approximate surface area is 191 Å². The van der Waals surface area contributed by atoms with E-state index in [1.165, 1.54) is 11.6 Å². The average Bonchev–Trinajstić information content (AvgIpc) is 3.29. The number of nitrogens with zero attached hydrogens (tertiary/aromatic N) is 3. The number of benzene rings is 2. The lowest BCUT2D eigenvalue weighted by molar-refractivity contribution is 0.0919. The van der Waals surface area contributed by atoms with Crippen molar-refractivity contribution in [1.82, 2.24) is 14.0 Å². The highest BCUT2D eigenvalue weighted by Gasteiger charge is 2.30. The van der Waals surface area contributed by atoms with Crippen molar-refractivity contribution in [3.05, 3.63) is 92.1 Å². The molecule has 8 nitrogen and oxygen atoms in total. The summed E-state index contributed by atoms with van der Waals surface area (Å²) in [5.74, 6) is 0.288. The van der Waals surface area contributed by atoms with Crippen LogP contribution in [0.1, 0.15) is 40.4 Å².